The fourth-order valence-corrected chi connectivity index (χ4v) is 2.85. The van der Waals surface area contributed by atoms with Crippen molar-refractivity contribution in [1.82, 2.24) is 4.57 Å². The zero-order valence-electron chi connectivity index (χ0n) is 11.2. The number of carbonyl (C=O) groups is 1. The standard InChI is InChI=1S/C16H10BrNO4/c17-14-7-18(10-1-3-11(20)4-2-10)16(22)15-9(8-19)5-12(21)6-13(14)15/h1-8,20-21H. The third kappa shape index (κ3) is 2.27. The Bertz CT molecular complexity index is 945. The number of hydrogen-bond donors (Lipinski definition) is 2. The van der Waals surface area contributed by atoms with E-state index in [1.807, 2.05) is 0 Å². The molecule has 0 atom stereocenters. The van der Waals surface area contributed by atoms with Gasteiger partial charge in [-0.2, -0.15) is 0 Å². The molecule has 0 amide bonds. The predicted octanol–water partition coefficient (Wildman–Crippen LogP) is 2.98. The highest BCUT2D eigenvalue weighted by Gasteiger charge is 2.14. The Balaban J connectivity index is 2.42. The van der Waals surface area contributed by atoms with Crippen LogP contribution in [0.5, 0.6) is 11.5 Å². The van der Waals surface area contributed by atoms with Crippen molar-refractivity contribution in [1.29, 1.82) is 0 Å². The fraction of sp³-hybridized carbons (Fsp3) is 0. The molecule has 3 rings (SSSR count). The predicted molar refractivity (Wildman–Crippen MR) is 86.0 cm³/mol. The van der Waals surface area contributed by atoms with Crippen LogP contribution >= 0.6 is 15.9 Å². The largest absolute Gasteiger partial charge is 0.508 e. The number of rotatable bonds is 2. The normalized spacial score (nSPS) is 10.8. The Labute approximate surface area is 133 Å². The lowest BCUT2D eigenvalue weighted by Crippen LogP contribution is -2.19. The van der Waals surface area contributed by atoms with Gasteiger partial charge in [-0.1, -0.05) is 0 Å². The van der Waals surface area contributed by atoms with Gasteiger partial charge in [0.2, 0.25) is 0 Å². The molecule has 0 bridgehead atoms. The number of aromatic nitrogens is 1. The molecule has 0 radical (unpaired) electrons. The Morgan fingerprint density at radius 2 is 1.73 bits per heavy atom. The van der Waals surface area contributed by atoms with Crippen molar-refractivity contribution in [3.05, 3.63) is 63.0 Å². The number of nitrogens with zero attached hydrogens (tertiary/aromatic N) is 1. The van der Waals surface area contributed by atoms with Gasteiger partial charge in [-0.15, -0.1) is 0 Å². The minimum atomic E-state index is -0.383. The average Bonchev–Trinajstić information content (AvgIpc) is 2.51. The maximum absolute atomic E-state index is 12.7. The number of phenolic OH excluding ortho intramolecular Hbond substituents is 2. The van der Waals surface area contributed by atoms with Crippen molar-refractivity contribution in [3.8, 4) is 17.2 Å². The van der Waals surface area contributed by atoms with Gasteiger partial charge in [0.05, 0.1) is 5.39 Å². The SMILES string of the molecule is O=Cc1cc(O)cc2c(Br)cn(-c3ccc(O)cc3)c(=O)c12. The molecule has 22 heavy (non-hydrogen) atoms. The van der Waals surface area contributed by atoms with Crippen LogP contribution in [-0.4, -0.2) is 21.1 Å². The van der Waals surface area contributed by atoms with Gasteiger partial charge in [0, 0.05) is 27.3 Å². The molecular weight excluding hydrogens is 350 g/mol. The van der Waals surface area contributed by atoms with E-state index in [1.54, 1.807) is 18.3 Å². The van der Waals surface area contributed by atoms with Crippen LogP contribution in [0, 0.1) is 0 Å². The van der Waals surface area contributed by atoms with E-state index in [1.165, 1.54) is 28.8 Å². The van der Waals surface area contributed by atoms with Gasteiger partial charge in [0.15, 0.2) is 6.29 Å². The highest BCUT2D eigenvalue weighted by Crippen LogP contribution is 2.28. The van der Waals surface area contributed by atoms with E-state index >= 15 is 0 Å². The number of halogens is 1. The van der Waals surface area contributed by atoms with Crippen molar-refractivity contribution in [3.63, 3.8) is 0 Å². The van der Waals surface area contributed by atoms with E-state index < -0.39 is 0 Å². The molecule has 110 valence electrons. The van der Waals surface area contributed by atoms with E-state index in [9.17, 15) is 19.8 Å². The zero-order valence-corrected chi connectivity index (χ0v) is 12.7. The Hall–Kier alpha value is -2.60. The first kappa shape index (κ1) is 14.3. The van der Waals surface area contributed by atoms with Gasteiger partial charge in [0.25, 0.3) is 5.56 Å². The second kappa shape index (κ2) is 5.31. The van der Waals surface area contributed by atoms with Crippen LogP contribution in [0.4, 0.5) is 0 Å². The van der Waals surface area contributed by atoms with Crippen LogP contribution in [-0.2, 0) is 0 Å². The van der Waals surface area contributed by atoms with Crippen molar-refractivity contribution in [2.75, 3.05) is 0 Å². The van der Waals surface area contributed by atoms with Gasteiger partial charge in [-0.05, 0) is 52.3 Å². The molecule has 0 saturated heterocycles. The summed E-state index contributed by atoms with van der Waals surface area (Å²) in [5.74, 6) is 0.00670. The van der Waals surface area contributed by atoms with Crippen LogP contribution in [0.1, 0.15) is 10.4 Å². The number of phenols is 2. The number of carbonyl (C=O) groups excluding carboxylic acids is 1. The summed E-state index contributed by atoms with van der Waals surface area (Å²) >= 11 is 3.36. The molecule has 3 aromatic rings. The molecule has 5 nitrogen and oxygen atoms in total. The second-order valence-corrected chi connectivity index (χ2v) is 5.60. The summed E-state index contributed by atoms with van der Waals surface area (Å²) in [5.41, 5.74) is 0.287. The molecule has 0 aliphatic rings. The van der Waals surface area contributed by atoms with Crippen LogP contribution in [0.2, 0.25) is 0 Å². The fourth-order valence-electron chi connectivity index (χ4n) is 2.34. The first-order chi connectivity index (χ1) is 10.5. The van der Waals surface area contributed by atoms with Crippen molar-refractivity contribution in [2.24, 2.45) is 0 Å². The number of fused-ring (bicyclic) bond motifs is 1. The van der Waals surface area contributed by atoms with Crippen LogP contribution in [0.15, 0.2) is 51.9 Å². The summed E-state index contributed by atoms with van der Waals surface area (Å²) in [4.78, 5) is 23.9. The van der Waals surface area contributed by atoms with Crippen molar-refractivity contribution >= 4 is 33.0 Å². The summed E-state index contributed by atoms with van der Waals surface area (Å²) in [6.45, 7) is 0. The Morgan fingerprint density at radius 3 is 2.36 bits per heavy atom. The monoisotopic (exact) mass is 359 g/mol. The lowest BCUT2D eigenvalue weighted by Gasteiger charge is -2.11. The molecule has 2 aromatic carbocycles. The van der Waals surface area contributed by atoms with Gasteiger partial charge in [-0.3, -0.25) is 14.2 Å². The summed E-state index contributed by atoms with van der Waals surface area (Å²) < 4.78 is 1.93. The van der Waals surface area contributed by atoms with Gasteiger partial charge in [0.1, 0.15) is 11.5 Å². The highest BCUT2D eigenvalue weighted by molar-refractivity contribution is 9.10. The average molecular weight is 360 g/mol. The molecule has 1 heterocycles. The molecule has 0 unspecified atom stereocenters. The number of aromatic hydroxyl groups is 2. The van der Waals surface area contributed by atoms with Gasteiger partial charge < -0.3 is 10.2 Å². The quantitative estimate of drug-likeness (QED) is 0.689. The molecule has 0 aliphatic carbocycles. The second-order valence-electron chi connectivity index (χ2n) is 4.74. The molecule has 0 fully saturated rings. The molecule has 0 aliphatic heterocycles. The molecule has 1 aromatic heterocycles. The highest BCUT2D eigenvalue weighted by atomic mass is 79.9. The van der Waals surface area contributed by atoms with E-state index in [0.717, 1.165) is 0 Å². The minimum absolute atomic E-state index is 0.0860. The smallest absolute Gasteiger partial charge is 0.263 e. The molecule has 0 saturated carbocycles. The Kier molecular flexibility index (Phi) is 3.46. The van der Waals surface area contributed by atoms with Crippen molar-refractivity contribution in [2.45, 2.75) is 0 Å². The van der Waals surface area contributed by atoms with Crippen molar-refractivity contribution < 1.29 is 15.0 Å². The number of pyridine rings is 1. The van der Waals surface area contributed by atoms with E-state index in [-0.39, 0.29) is 28.0 Å². The third-order valence-electron chi connectivity index (χ3n) is 3.34. The van der Waals surface area contributed by atoms with Gasteiger partial charge in [-0.25, -0.2) is 0 Å². The van der Waals surface area contributed by atoms with E-state index in [4.69, 9.17) is 0 Å². The maximum atomic E-state index is 12.7. The summed E-state index contributed by atoms with van der Waals surface area (Å²) in [5, 5.41) is 19.7. The minimum Gasteiger partial charge on any atom is -0.508 e. The maximum Gasteiger partial charge on any atom is 0.263 e. The molecule has 2 N–H and O–H groups in total. The van der Waals surface area contributed by atoms with Gasteiger partial charge >= 0.3 is 0 Å². The Morgan fingerprint density at radius 1 is 1.05 bits per heavy atom. The molecule has 0 spiro atoms. The van der Waals surface area contributed by atoms with Crippen LogP contribution in [0.25, 0.3) is 16.5 Å². The van der Waals surface area contributed by atoms with Crippen LogP contribution in [0.3, 0.4) is 0 Å². The first-order valence-corrected chi connectivity index (χ1v) is 7.13. The lowest BCUT2D eigenvalue weighted by atomic mass is 10.1. The zero-order chi connectivity index (χ0) is 15.9. The summed E-state index contributed by atoms with van der Waals surface area (Å²) in [7, 11) is 0. The molecular formula is C16H10BrNO4. The lowest BCUT2D eigenvalue weighted by molar-refractivity contribution is 0.112. The number of hydrogen-bond acceptors (Lipinski definition) is 4. The van der Waals surface area contributed by atoms with Crippen LogP contribution < -0.4 is 5.56 Å². The van der Waals surface area contributed by atoms with E-state index in [0.29, 0.717) is 21.8 Å². The summed E-state index contributed by atoms with van der Waals surface area (Å²) in [6.07, 6.45) is 2.10. The number of benzene rings is 2. The third-order valence-corrected chi connectivity index (χ3v) is 3.97. The molecule has 6 heteroatoms. The summed E-state index contributed by atoms with van der Waals surface area (Å²) in [6, 6.07) is 8.81. The first-order valence-electron chi connectivity index (χ1n) is 6.33. The number of aldehydes is 1. The van der Waals surface area contributed by atoms with E-state index in [2.05, 4.69) is 15.9 Å². The topological polar surface area (TPSA) is 79.5 Å².